The Labute approximate surface area is 131 Å². The second kappa shape index (κ2) is 6.57. The Morgan fingerprint density at radius 1 is 1.27 bits per heavy atom. The molecule has 5 nitrogen and oxygen atoms in total. The first-order valence-electron chi connectivity index (χ1n) is 7.85. The lowest BCUT2D eigenvalue weighted by molar-refractivity contribution is -0.143. The molecule has 2 aliphatic rings. The predicted octanol–water partition coefficient (Wildman–Crippen LogP) is 2.03. The van der Waals surface area contributed by atoms with Crippen molar-refractivity contribution in [3.05, 3.63) is 23.8 Å². The van der Waals surface area contributed by atoms with E-state index in [-0.39, 0.29) is 18.1 Å². The molecular weight excluding hydrogens is 282 g/mol. The summed E-state index contributed by atoms with van der Waals surface area (Å²) in [6.07, 6.45) is 3.91. The third-order valence-corrected chi connectivity index (χ3v) is 4.61. The molecule has 1 saturated heterocycles. The molecule has 0 bridgehead atoms. The summed E-state index contributed by atoms with van der Waals surface area (Å²) in [5.74, 6) is 1.52. The molecule has 2 fully saturated rings. The van der Waals surface area contributed by atoms with Crippen LogP contribution in [0.2, 0.25) is 0 Å². The minimum atomic E-state index is 0.174. The maximum absolute atomic E-state index is 12.7. The number of rotatable bonds is 4. The molecule has 1 heterocycles. The quantitative estimate of drug-likeness (QED) is 0.854. The number of methoxy groups -OCH3 is 2. The van der Waals surface area contributed by atoms with Crippen molar-refractivity contribution in [3.8, 4) is 11.5 Å². The van der Waals surface area contributed by atoms with E-state index in [1.165, 1.54) is 0 Å². The minimum absolute atomic E-state index is 0.174. The summed E-state index contributed by atoms with van der Waals surface area (Å²) in [4.78, 5) is 14.7. The van der Waals surface area contributed by atoms with Crippen molar-refractivity contribution in [1.29, 1.82) is 0 Å². The summed E-state index contributed by atoms with van der Waals surface area (Å²) in [5.41, 5.74) is 0.948. The maximum atomic E-state index is 12.7. The zero-order valence-electron chi connectivity index (χ0n) is 13.2. The molecule has 120 valence electrons. The van der Waals surface area contributed by atoms with E-state index < -0.39 is 0 Å². The Morgan fingerprint density at radius 2 is 2.09 bits per heavy atom. The summed E-state index contributed by atoms with van der Waals surface area (Å²) in [7, 11) is 3.21. The van der Waals surface area contributed by atoms with Crippen molar-refractivity contribution < 1.29 is 19.0 Å². The number of hydrogen-bond acceptors (Lipinski definition) is 4. The molecule has 22 heavy (non-hydrogen) atoms. The zero-order valence-corrected chi connectivity index (χ0v) is 13.2. The van der Waals surface area contributed by atoms with E-state index in [1.807, 2.05) is 23.1 Å². The van der Waals surface area contributed by atoms with Crippen LogP contribution in [0.4, 0.5) is 0 Å². The fourth-order valence-electron chi connectivity index (χ4n) is 3.50. The largest absolute Gasteiger partial charge is 0.493 e. The van der Waals surface area contributed by atoms with Gasteiger partial charge in [0.15, 0.2) is 11.5 Å². The molecule has 2 atom stereocenters. The zero-order chi connectivity index (χ0) is 15.5. The standard InChI is InChI=1S/C17H23NO4/c1-20-15-7-6-12(10-16(15)21-2)11-17(19)18-8-9-22-14-5-3-4-13(14)18/h6-7,10,13-14H,3-5,8-9,11H2,1-2H3. The predicted molar refractivity (Wildman–Crippen MR) is 82.3 cm³/mol. The lowest BCUT2D eigenvalue weighted by Gasteiger charge is -2.37. The van der Waals surface area contributed by atoms with Crippen LogP contribution in [0.1, 0.15) is 24.8 Å². The van der Waals surface area contributed by atoms with Gasteiger partial charge in [-0.3, -0.25) is 4.79 Å². The van der Waals surface area contributed by atoms with Crippen molar-refractivity contribution in [2.75, 3.05) is 27.4 Å². The molecule has 0 radical (unpaired) electrons. The second-order valence-corrected chi connectivity index (χ2v) is 5.86. The highest BCUT2D eigenvalue weighted by Crippen LogP contribution is 2.31. The molecule has 1 aromatic carbocycles. The highest BCUT2D eigenvalue weighted by Gasteiger charge is 2.38. The van der Waals surface area contributed by atoms with Gasteiger partial charge in [0.05, 0.1) is 39.4 Å². The average Bonchev–Trinajstić information content (AvgIpc) is 3.03. The first-order valence-corrected chi connectivity index (χ1v) is 7.85. The topological polar surface area (TPSA) is 48.0 Å². The van der Waals surface area contributed by atoms with E-state index in [0.717, 1.165) is 24.8 Å². The fourth-order valence-corrected chi connectivity index (χ4v) is 3.50. The summed E-state index contributed by atoms with van der Waals surface area (Å²) in [5, 5.41) is 0. The van der Waals surface area contributed by atoms with Crippen LogP contribution in [0.15, 0.2) is 18.2 Å². The minimum Gasteiger partial charge on any atom is -0.493 e. The summed E-state index contributed by atoms with van der Waals surface area (Å²) < 4.78 is 16.3. The van der Waals surface area contributed by atoms with Gasteiger partial charge in [-0.1, -0.05) is 6.07 Å². The monoisotopic (exact) mass is 305 g/mol. The first kappa shape index (κ1) is 15.2. The highest BCUT2D eigenvalue weighted by atomic mass is 16.5. The fraction of sp³-hybridized carbons (Fsp3) is 0.588. The number of fused-ring (bicyclic) bond motifs is 1. The Hall–Kier alpha value is -1.75. The Morgan fingerprint density at radius 3 is 2.86 bits per heavy atom. The third-order valence-electron chi connectivity index (χ3n) is 4.61. The molecule has 0 spiro atoms. The summed E-state index contributed by atoms with van der Waals surface area (Å²) in [6.45, 7) is 1.35. The van der Waals surface area contributed by atoms with E-state index >= 15 is 0 Å². The molecule has 2 unspecified atom stereocenters. The van der Waals surface area contributed by atoms with Crippen molar-refractivity contribution in [3.63, 3.8) is 0 Å². The van der Waals surface area contributed by atoms with Gasteiger partial charge in [-0.2, -0.15) is 0 Å². The van der Waals surface area contributed by atoms with E-state index in [9.17, 15) is 4.79 Å². The van der Waals surface area contributed by atoms with Crippen LogP contribution in [0, 0.1) is 0 Å². The molecule has 1 aromatic rings. The van der Waals surface area contributed by atoms with Crippen molar-refractivity contribution in [1.82, 2.24) is 4.90 Å². The van der Waals surface area contributed by atoms with E-state index in [1.54, 1.807) is 14.2 Å². The number of ether oxygens (including phenoxy) is 3. The number of morpholine rings is 1. The lowest BCUT2D eigenvalue weighted by atomic mass is 10.1. The smallest absolute Gasteiger partial charge is 0.227 e. The van der Waals surface area contributed by atoms with Gasteiger partial charge in [0, 0.05) is 6.54 Å². The SMILES string of the molecule is COc1ccc(CC(=O)N2CCOC3CCCC32)cc1OC. The lowest BCUT2D eigenvalue weighted by Crippen LogP contribution is -2.51. The second-order valence-electron chi connectivity index (χ2n) is 5.86. The Balaban J connectivity index is 1.71. The van der Waals surface area contributed by atoms with Gasteiger partial charge in [-0.15, -0.1) is 0 Å². The molecule has 1 amide bonds. The van der Waals surface area contributed by atoms with Gasteiger partial charge in [0.2, 0.25) is 5.91 Å². The number of nitrogens with zero attached hydrogens (tertiary/aromatic N) is 1. The normalized spacial score (nSPS) is 24.0. The third kappa shape index (κ3) is 2.90. The van der Waals surface area contributed by atoms with Gasteiger partial charge in [0.1, 0.15) is 0 Å². The number of benzene rings is 1. The average molecular weight is 305 g/mol. The molecule has 3 rings (SSSR count). The van der Waals surface area contributed by atoms with Crippen LogP contribution in [0.3, 0.4) is 0 Å². The van der Waals surface area contributed by atoms with E-state index in [2.05, 4.69) is 0 Å². The summed E-state index contributed by atoms with van der Waals surface area (Å²) in [6, 6.07) is 5.91. The number of hydrogen-bond donors (Lipinski definition) is 0. The van der Waals surface area contributed by atoms with Crippen LogP contribution in [0.5, 0.6) is 11.5 Å². The van der Waals surface area contributed by atoms with Gasteiger partial charge >= 0.3 is 0 Å². The van der Waals surface area contributed by atoms with E-state index in [4.69, 9.17) is 14.2 Å². The molecule has 5 heteroatoms. The molecule has 0 aromatic heterocycles. The number of carbonyl (C=O) groups excluding carboxylic acids is 1. The molecule has 1 aliphatic heterocycles. The van der Waals surface area contributed by atoms with Crippen molar-refractivity contribution in [2.45, 2.75) is 37.8 Å². The Bertz CT molecular complexity index is 545. The van der Waals surface area contributed by atoms with Crippen LogP contribution in [0.25, 0.3) is 0 Å². The molecule has 1 saturated carbocycles. The van der Waals surface area contributed by atoms with Crippen LogP contribution in [-0.2, 0) is 16.0 Å². The molecule has 1 aliphatic carbocycles. The molecular formula is C17H23NO4. The van der Waals surface area contributed by atoms with Crippen molar-refractivity contribution >= 4 is 5.91 Å². The van der Waals surface area contributed by atoms with E-state index in [0.29, 0.717) is 31.1 Å². The molecule has 0 N–H and O–H groups in total. The van der Waals surface area contributed by atoms with Crippen molar-refractivity contribution in [2.24, 2.45) is 0 Å². The Kier molecular flexibility index (Phi) is 4.52. The van der Waals surface area contributed by atoms with Gasteiger partial charge in [-0.05, 0) is 37.0 Å². The number of amides is 1. The first-order chi connectivity index (χ1) is 10.7. The van der Waals surface area contributed by atoms with Crippen LogP contribution in [-0.4, -0.2) is 50.3 Å². The van der Waals surface area contributed by atoms with Gasteiger partial charge in [-0.25, -0.2) is 0 Å². The maximum Gasteiger partial charge on any atom is 0.227 e. The van der Waals surface area contributed by atoms with Crippen LogP contribution >= 0.6 is 0 Å². The number of carbonyl (C=O) groups is 1. The van der Waals surface area contributed by atoms with Crippen LogP contribution < -0.4 is 9.47 Å². The summed E-state index contributed by atoms with van der Waals surface area (Å²) >= 11 is 0. The van der Waals surface area contributed by atoms with Gasteiger partial charge in [0.25, 0.3) is 0 Å². The van der Waals surface area contributed by atoms with Gasteiger partial charge < -0.3 is 19.1 Å². The highest BCUT2D eigenvalue weighted by molar-refractivity contribution is 5.79.